The fourth-order valence-corrected chi connectivity index (χ4v) is 2.50. The number of aromatic nitrogens is 1. The first kappa shape index (κ1) is 13.9. The predicted octanol–water partition coefficient (Wildman–Crippen LogP) is 3.67. The Bertz CT molecular complexity index is 924. The molecule has 0 aliphatic carbocycles. The van der Waals surface area contributed by atoms with Crippen LogP contribution in [0.5, 0.6) is 0 Å². The van der Waals surface area contributed by atoms with E-state index in [9.17, 15) is 9.59 Å². The van der Waals surface area contributed by atoms with Crippen LogP contribution in [0.1, 0.15) is 15.9 Å². The fourth-order valence-electron chi connectivity index (χ4n) is 2.11. The number of hydrogen-bond donors (Lipinski definition) is 0. The number of fused-ring (bicyclic) bond motifs is 1. The van der Waals surface area contributed by atoms with Gasteiger partial charge in [-0.05, 0) is 30.3 Å². The predicted molar refractivity (Wildman–Crippen MR) is 81.3 cm³/mol. The molecular weight excluding hydrogens is 313 g/mol. The lowest BCUT2D eigenvalue weighted by molar-refractivity contribution is 0.103. The Hall–Kier alpha value is -2.04. The highest BCUT2D eigenvalue weighted by Crippen LogP contribution is 2.28. The Morgan fingerprint density at radius 3 is 2.71 bits per heavy atom. The topological polar surface area (TPSA) is 52.2 Å². The van der Waals surface area contributed by atoms with E-state index >= 15 is 0 Å². The smallest absolute Gasteiger partial charge is 0.408 e. The maximum atomic E-state index is 12.5. The standard InChI is InChI=1S/C15H9Cl2NO3/c1-18-11-6-5-8(7-12(11)21-15(18)20)14(19)9-3-2-4-10(16)13(9)17/h2-7H,1H3. The van der Waals surface area contributed by atoms with Crippen molar-refractivity contribution in [2.45, 2.75) is 0 Å². The van der Waals surface area contributed by atoms with Crippen molar-refractivity contribution in [2.75, 3.05) is 0 Å². The van der Waals surface area contributed by atoms with Crippen LogP contribution < -0.4 is 5.76 Å². The molecule has 0 saturated heterocycles. The van der Waals surface area contributed by atoms with Crippen LogP contribution in [0.2, 0.25) is 10.0 Å². The number of carbonyl (C=O) groups is 1. The molecular formula is C15H9Cl2NO3. The van der Waals surface area contributed by atoms with Gasteiger partial charge in [-0.2, -0.15) is 0 Å². The second kappa shape index (κ2) is 5.06. The second-order valence-electron chi connectivity index (χ2n) is 4.54. The molecule has 0 radical (unpaired) electrons. The van der Waals surface area contributed by atoms with E-state index in [0.717, 1.165) is 0 Å². The number of ketones is 1. The summed E-state index contributed by atoms with van der Waals surface area (Å²) in [6.45, 7) is 0. The van der Waals surface area contributed by atoms with Gasteiger partial charge in [-0.25, -0.2) is 4.79 Å². The highest BCUT2D eigenvalue weighted by atomic mass is 35.5. The lowest BCUT2D eigenvalue weighted by Crippen LogP contribution is -2.08. The SMILES string of the molecule is Cn1c(=O)oc2cc(C(=O)c3cccc(Cl)c3Cl)ccc21. The van der Waals surface area contributed by atoms with Gasteiger partial charge in [-0.3, -0.25) is 9.36 Å². The van der Waals surface area contributed by atoms with Gasteiger partial charge in [0.2, 0.25) is 0 Å². The molecule has 6 heteroatoms. The molecule has 0 aliphatic rings. The fraction of sp³-hybridized carbons (Fsp3) is 0.0667. The Morgan fingerprint density at radius 2 is 1.95 bits per heavy atom. The summed E-state index contributed by atoms with van der Waals surface area (Å²) in [7, 11) is 1.60. The zero-order valence-corrected chi connectivity index (χ0v) is 12.4. The third kappa shape index (κ3) is 2.26. The van der Waals surface area contributed by atoms with Gasteiger partial charge in [0.1, 0.15) is 0 Å². The summed E-state index contributed by atoms with van der Waals surface area (Å²) in [6, 6.07) is 9.67. The molecule has 0 unspecified atom stereocenters. The Labute approximate surface area is 129 Å². The number of oxazole rings is 1. The lowest BCUT2D eigenvalue weighted by atomic mass is 10.0. The monoisotopic (exact) mass is 321 g/mol. The molecule has 106 valence electrons. The summed E-state index contributed by atoms with van der Waals surface area (Å²) < 4.78 is 6.45. The normalized spacial score (nSPS) is 11.0. The molecule has 0 aliphatic heterocycles. The number of aryl methyl sites for hydroxylation is 1. The molecule has 21 heavy (non-hydrogen) atoms. The summed E-state index contributed by atoms with van der Waals surface area (Å²) in [6.07, 6.45) is 0. The van der Waals surface area contributed by atoms with Crippen molar-refractivity contribution in [1.29, 1.82) is 0 Å². The molecule has 0 fully saturated rings. The third-order valence-corrected chi connectivity index (χ3v) is 4.07. The molecule has 3 rings (SSSR count). The van der Waals surface area contributed by atoms with Crippen LogP contribution in [-0.2, 0) is 7.05 Å². The second-order valence-corrected chi connectivity index (χ2v) is 5.33. The lowest BCUT2D eigenvalue weighted by Gasteiger charge is -2.05. The van der Waals surface area contributed by atoms with Gasteiger partial charge >= 0.3 is 5.76 Å². The highest BCUT2D eigenvalue weighted by molar-refractivity contribution is 6.44. The minimum atomic E-state index is -0.476. The van der Waals surface area contributed by atoms with Gasteiger partial charge in [0.15, 0.2) is 11.4 Å². The van der Waals surface area contributed by atoms with Crippen molar-refractivity contribution < 1.29 is 9.21 Å². The number of halogens is 2. The summed E-state index contributed by atoms with van der Waals surface area (Å²) in [5.74, 6) is -0.758. The maximum absolute atomic E-state index is 12.5. The van der Waals surface area contributed by atoms with Gasteiger partial charge in [0, 0.05) is 18.2 Å². The molecule has 2 aromatic carbocycles. The van der Waals surface area contributed by atoms with Crippen LogP contribution in [0.15, 0.2) is 45.6 Å². The van der Waals surface area contributed by atoms with E-state index in [1.165, 1.54) is 10.6 Å². The van der Waals surface area contributed by atoms with Crippen molar-refractivity contribution in [3.8, 4) is 0 Å². The van der Waals surface area contributed by atoms with Crippen molar-refractivity contribution in [3.05, 3.63) is 68.1 Å². The molecule has 1 heterocycles. The van der Waals surface area contributed by atoms with E-state index in [-0.39, 0.29) is 10.8 Å². The number of hydrogen-bond acceptors (Lipinski definition) is 3. The first-order chi connectivity index (χ1) is 9.99. The van der Waals surface area contributed by atoms with E-state index in [2.05, 4.69) is 0 Å². The molecule has 3 aromatic rings. The van der Waals surface area contributed by atoms with E-state index in [4.69, 9.17) is 27.6 Å². The number of benzene rings is 2. The average molecular weight is 322 g/mol. The summed E-state index contributed by atoms with van der Waals surface area (Å²) in [5, 5.41) is 0.522. The van der Waals surface area contributed by atoms with Crippen LogP contribution in [-0.4, -0.2) is 10.4 Å². The van der Waals surface area contributed by atoms with Gasteiger partial charge in [-0.1, -0.05) is 29.3 Å². The zero-order chi connectivity index (χ0) is 15.1. The third-order valence-electron chi connectivity index (χ3n) is 3.25. The van der Waals surface area contributed by atoms with Gasteiger partial charge in [0.25, 0.3) is 0 Å². The average Bonchev–Trinajstić information content (AvgIpc) is 2.76. The minimum Gasteiger partial charge on any atom is -0.408 e. The molecule has 0 amide bonds. The van der Waals surface area contributed by atoms with Gasteiger partial charge in [-0.15, -0.1) is 0 Å². The van der Waals surface area contributed by atoms with E-state index in [0.29, 0.717) is 27.2 Å². The van der Waals surface area contributed by atoms with Crippen LogP contribution >= 0.6 is 23.2 Å². The highest BCUT2D eigenvalue weighted by Gasteiger charge is 2.16. The summed E-state index contributed by atoms with van der Waals surface area (Å²) in [5.41, 5.74) is 1.66. The zero-order valence-electron chi connectivity index (χ0n) is 10.9. The van der Waals surface area contributed by atoms with Crippen molar-refractivity contribution in [2.24, 2.45) is 7.05 Å². The van der Waals surface area contributed by atoms with Gasteiger partial charge in [0.05, 0.1) is 15.6 Å². The molecule has 0 atom stereocenters. The van der Waals surface area contributed by atoms with Crippen LogP contribution in [0.4, 0.5) is 0 Å². The Morgan fingerprint density at radius 1 is 1.19 bits per heavy atom. The molecule has 1 aromatic heterocycles. The Kier molecular flexibility index (Phi) is 3.35. The molecule has 0 saturated carbocycles. The minimum absolute atomic E-state index is 0.207. The summed E-state index contributed by atoms with van der Waals surface area (Å²) in [4.78, 5) is 23.9. The van der Waals surface area contributed by atoms with Crippen LogP contribution in [0.3, 0.4) is 0 Å². The van der Waals surface area contributed by atoms with E-state index in [1.54, 1.807) is 37.4 Å². The van der Waals surface area contributed by atoms with Crippen molar-refractivity contribution in [3.63, 3.8) is 0 Å². The molecule has 0 spiro atoms. The van der Waals surface area contributed by atoms with Crippen LogP contribution in [0, 0.1) is 0 Å². The van der Waals surface area contributed by atoms with Crippen LogP contribution in [0.25, 0.3) is 11.1 Å². The largest absolute Gasteiger partial charge is 0.419 e. The van der Waals surface area contributed by atoms with E-state index in [1.807, 2.05) is 0 Å². The first-order valence-corrected chi connectivity index (χ1v) is 6.83. The van der Waals surface area contributed by atoms with Crippen molar-refractivity contribution in [1.82, 2.24) is 4.57 Å². The molecule has 4 nitrogen and oxygen atoms in total. The number of nitrogens with zero attached hydrogens (tertiary/aromatic N) is 1. The Balaban J connectivity index is 2.14. The maximum Gasteiger partial charge on any atom is 0.419 e. The summed E-state index contributed by atoms with van der Waals surface area (Å²) >= 11 is 12.0. The van der Waals surface area contributed by atoms with Gasteiger partial charge < -0.3 is 4.42 Å². The van der Waals surface area contributed by atoms with Crippen molar-refractivity contribution >= 4 is 40.1 Å². The number of rotatable bonds is 2. The molecule has 0 bridgehead atoms. The quantitative estimate of drug-likeness (QED) is 0.677. The molecule has 0 N–H and O–H groups in total. The van der Waals surface area contributed by atoms with E-state index < -0.39 is 5.76 Å². The first-order valence-electron chi connectivity index (χ1n) is 6.07. The number of carbonyl (C=O) groups excluding carboxylic acids is 1.